The number of hydrogen-bond donors (Lipinski definition) is 1. The Morgan fingerprint density at radius 2 is 2.18 bits per heavy atom. The molecule has 1 saturated heterocycles. The van der Waals surface area contributed by atoms with Crippen LogP contribution in [0.5, 0.6) is 5.75 Å². The third-order valence-corrected chi connectivity index (χ3v) is 5.04. The van der Waals surface area contributed by atoms with Gasteiger partial charge in [-0.3, -0.25) is 4.79 Å². The maximum Gasteiger partial charge on any atom is 0.236 e. The normalized spacial score (nSPS) is 19.0. The van der Waals surface area contributed by atoms with Crippen molar-refractivity contribution in [2.45, 2.75) is 42.9 Å². The number of thioether (sulfide) groups is 1. The van der Waals surface area contributed by atoms with E-state index in [2.05, 4.69) is 17.1 Å². The van der Waals surface area contributed by atoms with Gasteiger partial charge in [0.15, 0.2) is 0 Å². The van der Waals surface area contributed by atoms with Crippen molar-refractivity contribution in [1.82, 2.24) is 10.2 Å². The largest absolute Gasteiger partial charge is 0.497 e. The van der Waals surface area contributed by atoms with E-state index in [9.17, 15) is 4.79 Å². The predicted octanol–water partition coefficient (Wildman–Crippen LogP) is 2.78. The van der Waals surface area contributed by atoms with Crippen LogP contribution >= 0.6 is 11.8 Å². The molecule has 4 nitrogen and oxygen atoms in total. The Morgan fingerprint density at radius 1 is 1.45 bits per heavy atom. The molecule has 0 radical (unpaired) electrons. The molecule has 0 aromatic heterocycles. The fraction of sp³-hybridized carbons (Fsp3) is 0.588. The standard InChI is InChI=1S/C17H26N2O2S/c1-4-11-19(14-9-10-18-12-14)17(20)13(2)22-16-7-5-15(21-3)6-8-16/h5-8,13-14,18H,4,9-12H2,1-3H3. The van der Waals surface area contributed by atoms with Crippen LogP contribution in [-0.2, 0) is 4.79 Å². The summed E-state index contributed by atoms with van der Waals surface area (Å²) in [5.74, 6) is 1.09. The highest BCUT2D eigenvalue weighted by molar-refractivity contribution is 8.00. The lowest BCUT2D eigenvalue weighted by atomic mass is 10.2. The van der Waals surface area contributed by atoms with Crippen LogP contribution in [-0.4, -0.2) is 48.8 Å². The number of carbonyl (C=O) groups excluding carboxylic acids is 1. The molecule has 2 atom stereocenters. The maximum atomic E-state index is 12.8. The van der Waals surface area contributed by atoms with Crippen molar-refractivity contribution in [3.05, 3.63) is 24.3 Å². The molecule has 1 N–H and O–H groups in total. The third kappa shape index (κ3) is 4.40. The number of nitrogens with zero attached hydrogens (tertiary/aromatic N) is 1. The van der Waals surface area contributed by atoms with Crippen LogP contribution in [0.2, 0.25) is 0 Å². The topological polar surface area (TPSA) is 41.6 Å². The highest BCUT2D eigenvalue weighted by atomic mass is 32.2. The minimum Gasteiger partial charge on any atom is -0.497 e. The second-order valence-electron chi connectivity index (χ2n) is 5.61. The number of ether oxygens (including phenoxy) is 1. The quantitative estimate of drug-likeness (QED) is 0.784. The van der Waals surface area contributed by atoms with Gasteiger partial charge in [-0.2, -0.15) is 0 Å². The Kier molecular flexibility index (Phi) is 6.58. The second-order valence-corrected chi connectivity index (χ2v) is 7.03. The first kappa shape index (κ1) is 17.2. The Balaban J connectivity index is 1.98. The summed E-state index contributed by atoms with van der Waals surface area (Å²) in [5, 5.41) is 3.28. The molecular formula is C17H26N2O2S. The number of methoxy groups -OCH3 is 1. The number of nitrogens with one attached hydrogen (secondary N) is 1. The summed E-state index contributed by atoms with van der Waals surface area (Å²) in [6.45, 7) is 6.91. The van der Waals surface area contributed by atoms with Crippen molar-refractivity contribution in [2.75, 3.05) is 26.7 Å². The molecule has 0 saturated carbocycles. The molecule has 0 bridgehead atoms. The number of rotatable bonds is 7. The minimum atomic E-state index is -0.0689. The first-order chi connectivity index (χ1) is 10.7. The van der Waals surface area contributed by atoms with Gasteiger partial charge in [0.05, 0.1) is 12.4 Å². The monoisotopic (exact) mass is 322 g/mol. The van der Waals surface area contributed by atoms with Gasteiger partial charge in [0.1, 0.15) is 5.75 Å². The van der Waals surface area contributed by atoms with Gasteiger partial charge in [0.25, 0.3) is 0 Å². The summed E-state index contributed by atoms with van der Waals surface area (Å²) in [7, 11) is 1.66. The van der Waals surface area contributed by atoms with Crippen LogP contribution in [0.4, 0.5) is 0 Å². The molecule has 1 aromatic rings. The lowest BCUT2D eigenvalue weighted by Gasteiger charge is -2.30. The number of amides is 1. The van der Waals surface area contributed by atoms with Gasteiger partial charge in [0.2, 0.25) is 5.91 Å². The maximum absolute atomic E-state index is 12.8. The summed E-state index contributed by atoms with van der Waals surface area (Å²) in [4.78, 5) is 16.0. The molecule has 1 aliphatic rings. The average molecular weight is 322 g/mol. The zero-order valence-electron chi connectivity index (χ0n) is 13.7. The molecule has 1 aromatic carbocycles. The van der Waals surface area contributed by atoms with Gasteiger partial charge in [-0.25, -0.2) is 0 Å². The van der Waals surface area contributed by atoms with E-state index < -0.39 is 0 Å². The van der Waals surface area contributed by atoms with Gasteiger partial charge in [0, 0.05) is 24.0 Å². The summed E-state index contributed by atoms with van der Waals surface area (Å²) in [6, 6.07) is 8.24. The first-order valence-corrected chi connectivity index (χ1v) is 8.85. The van der Waals surface area contributed by atoms with E-state index >= 15 is 0 Å². The van der Waals surface area contributed by atoms with E-state index in [0.717, 1.165) is 43.1 Å². The minimum absolute atomic E-state index is 0.0689. The van der Waals surface area contributed by atoms with Crippen LogP contribution in [0.15, 0.2) is 29.2 Å². The molecule has 1 fully saturated rings. The Hall–Kier alpha value is -1.20. The van der Waals surface area contributed by atoms with Gasteiger partial charge in [-0.05, 0) is 50.6 Å². The van der Waals surface area contributed by atoms with Crippen molar-refractivity contribution in [3.8, 4) is 5.75 Å². The summed E-state index contributed by atoms with van der Waals surface area (Å²) in [5.41, 5.74) is 0. The van der Waals surface area contributed by atoms with E-state index in [1.54, 1.807) is 18.9 Å². The van der Waals surface area contributed by atoms with Crippen LogP contribution in [0.1, 0.15) is 26.7 Å². The zero-order chi connectivity index (χ0) is 15.9. The molecule has 2 rings (SSSR count). The number of carbonyl (C=O) groups is 1. The Morgan fingerprint density at radius 3 is 2.73 bits per heavy atom. The molecular weight excluding hydrogens is 296 g/mol. The molecule has 1 heterocycles. The highest BCUT2D eigenvalue weighted by Crippen LogP contribution is 2.27. The predicted molar refractivity (Wildman–Crippen MR) is 91.6 cm³/mol. The van der Waals surface area contributed by atoms with E-state index in [0.29, 0.717) is 6.04 Å². The zero-order valence-corrected chi connectivity index (χ0v) is 14.5. The van der Waals surface area contributed by atoms with Gasteiger partial charge >= 0.3 is 0 Å². The van der Waals surface area contributed by atoms with Gasteiger partial charge in [-0.1, -0.05) is 6.92 Å². The van der Waals surface area contributed by atoms with E-state index in [1.807, 2.05) is 31.2 Å². The van der Waals surface area contributed by atoms with Crippen molar-refractivity contribution >= 4 is 17.7 Å². The molecule has 0 aliphatic carbocycles. The molecule has 1 amide bonds. The molecule has 0 spiro atoms. The fourth-order valence-corrected chi connectivity index (χ4v) is 3.70. The van der Waals surface area contributed by atoms with Crippen LogP contribution in [0.25, 0.3) is 0 Å². The average Bonchev–Trinajstić information content (AvgIpc) is 3.06. The fourth-order valence-electron chi connectivity index (χ4n) is 2.76. The Labute approximate surface area is 137 Å². The van der Waals surface area contributed by atoms with E-state index in [1.165, 1.54) is 0 Å². The van der Waals surface area contributed by atoms with E-state index in [4.69, 9.17) is 4.74 Å². The lowest BCUT2D eigenvalue weighted by Crippen LogP contribution is -2.45. The summed E-state index contributed by atoms with van der Waals surface area (Å²) in [6.07, 6.45) is 2.06. The molecule has 5 heteroatoms. The number of hydrogen-bond acceptors (Lipinski definition) is 4. The van der Waals surface area contributed by atoms with Crippen molar-refractivity contribution in [2.24, 2.45) is 0 Å². The second kappa shape index (κ2) is 8.44. The highest BCUT2D eigenvalue weighted by Gasteiger charge is 2.29. The van der Waals surface area contributed by atoms with Crippen LogP contribution in [0.3, 0.4) is 0 Å². The van der Waals surface area contributed by atoms with E-state index in [-0.39, 0.29) is 11.2 Å². The van der Waals surface area contributed by atoms with Crippen LogP contribution in [0, 0.1) is 0 Å². The SMILES string of the molecule is CCCN(C(=O)C(C)Sc1ccc(OC)cc1)C1CCNC1. The third-order valence-electron chi connectivity index (χ3n) is 3.94. The van der Waals surface area contributed by atoms with Crippen LogP contribution < -0.4 is 10.1 Å². The van der Waals surface area contributed by atoms with Crippen molar-refractivity contribution in [1.29, 1.82) is 0 Å². The lowest BCUT2D eigenvalue weighted by molar-refractivity contribution is -0.132. The van der Waals surface area contributed by atoms with Gasteiger partial charge < -0.3 is 15.0 Å². The summed E-state index contributed by atoms with van der Waals surface area (Å²) >= 11 is 1.62. The van der Waals surface area contributed by atoms with Crippen molar-refractivity contribution < 1.29 is 9.53 Å². The number of benzene rings is 1. The summed E-state index contributed by atoms with van der Waals surface area (Å²) < 4.78 is 5.17. The molecule has 22 heavy (non-hydrogen) atoms. The van der Waals surface area contributed by atoms with Crippen molar-refractivity contribution in [3.63, 3.8) is 0 Å². The smallest absolute Gasteiger partial charge is 0.236 e. The first-order valence-electron chi connectivity index (χ1n) is 7.97. The van der Waals surface area contributed by atoms with Gasteiger partial charge in [-0.15, -0.1) is 11.8 Å². The molecule has 1 aliphatic heterocycles. The molecule has 122 valence electrons. The Bertz CT molecular complexity index is 472. The molecule has 2 unspecified atom stereocenters.